The lowest BCUT2D eigenvalue weighted by molar-refractivity contribution is 0.389. The Morgan fingerprint density at radius 1 is 1.46 bits per heavy atom. The first-order chi connectivity index (χ1) is 6.15. The van der Waals surface area contributed by atoms with Crippen molar-refractivity contribution in [2.75, 3.05) is 0 Å². The summed E-state index contributed by atoms with van der Waals surface area (Å²) in [7, 11) is -1.49. The molecular weight excluding hydrogens is 165 g/mol. The second kappa shape index (κ2) is 4.41. The van der Waals surface area contributed by atoms with Gasteiger partial charge in [0.1, 0.15) is 0 Å². The van der Waals surface area contributed by atoms with E-state index >= 15 is 0 Å². The fourth-order valence-electron chi connectivity index (χ4n) is 1.19. The van der Waals surface area contributed by atoms with E-state index in [0.29, 0.717) is 0 Å². The van der Waals surface area contributed by atoms with E-state index in [4.69, 9.17) is 15.8 Å². The normalized spacial score (nSPS) is 12.6. The van der Waals surface area contributed by atoms with Crippen LogP contribution in [0.1, 0.15) is 24.0 Å². The fraction of sp³-hybridized carbons (Fsp3) is 0.333. The lowest BCUT2D eigenvalue weighted by atomic mass is 9.75. The Labute approximate surface area is 78.3 Å². The van der Waals surface area contributed by atoms with Gasteiger partial charge >= 0.3 is 7.12 Å². The predicted octanol–water partition coefficient (Wildman–Crippen LogP) is 0.261. The van der Waals surface area contributed by atoms with Crippen LogP contribution in [0, 0.1) is 0 Å². The zero-order valence-electron chi connectivity index (χ0n) is 7.64. The van der Waals surface area contributed by atoms with Gasteiger partial charge in [-0.3, -0.25) is 0 Å². The van der Waals surface area contributed by atoms with Crippen molar-refractivity contribution in [1.82, 2.24) is 0 Å². The topological polar surface area (TPSA) is 66.5 Å². The maximum absolute atomic E-state index is 8.87. The van der Waals surface area contributed by atoms with Crippen LogP contribution in [0.5, 0.6) is 0 Å². The molecule has 3 nitrogen and oxygen atoms in total. The maximum atomic E-state index is 8.87. The second-order valence-corrected chi connectivity index (χ2v) is 3.04. The minimum absolute atomic E-state index is 0.716. The lowest BCUT2D eigenvalue weighted by Gasteiger charge is -2.11. The molecule has 0 aliphatic carbocycles. The Balaban J connectivity index is 2.88. The Morgan fingerprint density at radius 2 is 2.15 bits per heavy atom. The van der Waals surface area contributed by atoms with Crippen molar-refractivity contribution in [2.45, 2.75) is 19.3 Å². The van der Waals surface area contributed by atoms with E-state index in [1.54, 1.807) is 6.07 Å². The molecule has 0 heterocycles. The molecule has 1 aromatic carbocycles. The minimum atomic E-state index is -1.49. The molecule has 1 aromatic rings. The number of benzene rings is 1. The Hall–Kier alpha value is -0.835. The molecule has 0 saturated heterocycles. The molecule has 0 aromatic heterocycles. The summed E-state index contributed by atoms with van der Waals surface area (Å²) >= 11 is 0. The highest BCUT2D eigenvalue weighted by atomic mass is 16.4. The summed E-state index contributed by atoms with van der Waals surface area (Å²) in [6, 6.07) is 7.55. The van der Waals surface area contributed by atoms with Crippen LogP contribution in [0.3, 0.4) is 0 Å². The van der Waals surface area contributed by atoms with Gasteiger partial charge in [0.2, 0.25) is 0 Å². The fourth-order valence-corrected chi connectivity index (χ4v) is 1.19. The first-order valence-corrected chi connectivity index (χ1v) is 4.35. The molecule has 70 valence electrons. The van der Waals surface area contributed by atoms with Crippen LogP contribution in [0.15, 0.2) is 24.3 Å². The van der Waals surface area contributed by atoms with Gasteiger partial charge in [-0.1, -0.05) is 31.2 Å². The van der Waals surface area contributed by atoms with Gasteiger partial charge in [-0.25, -0.2) is 0 Å². The van der Waals surface area contributed by atoms with E-state index in [1.807, 2.05) is 25.1 Å². The summed E-state index contributed by atoms with van der Waals surface area (Å²) in [6.45, 7) is 2.04. The summed E-state index contributed by atoms with van der Waals surface area (Å²) in [5.41, 5.74) is 7.47. The smallest absolute Gasteiger partial charge is 0.426 e. The van der Waals surface area contributed by atoms with Gasteiger partial charge in [-0.2, -0.15) is 0 Å². The van der Waals surface area contributed by atoms with Gasteiger partial charge in [0.15, 0.2) is 0 Å². The molecule has 0 aliphatic rings. The standard InChI is InChI=1S/C9H14BNO2/c1-2-7-4-3-5-8(6-7)9(11)10(12)13/h3-6,9,12-13H,2,11H2,1H3/t9-/m0/s1. The first kappa shape index (κ1) is 10.2. The van der Waals surface area contributed by atoms with Gasteiger partial charge in [-0.15, -0.1) is 0 Å². The molecule has 1 atom stereocenters. The SMILES string of the molecule is CCc1cccc([C@H](N)B(O)O)c1. The third-order valence-corrected chi connectivity index (χ3v) is 2.07. The molecule has 0 bridgehead atoms. The zero-order valence-corrected chi connectivity index (χ0v) is 7.64. The number of rotatable bonds is 3. The third kappa shape index (κ3) is 2.55. The van der Waals surface area contributed by atoms with E-state index in [9.17, 15) is 0 Å². The van der Waals surface area contributed by atoms with E-state index in [-0.39, 0.29) is 0 Å². The molecule has 4 N–H and O–H groups in total. The van der Waals surface area contributed by atoms with Crippen LogP contribution < -0.4 is 5.73 Å². The largest absolute Gasteiger partial charge is 0.474 e. The number of aryl methyl sites for hydroxylation is 1. The van der Waals surface area contributed by atoms with Crippen LogP contribution in [-0.2, 0) is 6.42 Å². The Kier molecular flexibility index (Phi) is 3.48. The zero-order chi connectivity index (χ0) is 9.84. The second-order valence-electron chi connectivity index (χ2n) is 3.04. The third-order valence-electron chi connectivity index (χ3n) is 2.07. The van der Waals surface area contributed by atoms with E-state index in [2.05, 4.69) is 0 Å². The highest BCUT2D eigenvalue weighted by Gasteiger charge is 2.20. The molecule has 0 saturated carbocycles. The van der Waals surface area contributed by atoms with E-state index < -0.39 is 13.1 Å². The van der Waals surface area contributed by atoms with Crippen LogP contribution in [0.2, 0.25) is 0 Å². The average molecular weight is 179 g/mol. The molecule has 0 unspecified atom stereocenters. The molecular formula is C9H14BNO2. The molecule has 0 amide bonds. The van der Waals surface area contributed by atoms with Gasteiger partial charge in [0.05, 0.1) is 5.94 Å². The predicted molar refractivity (Wildman–Crippen MR) is 52.9 cm³/mol. The van der Waals surface area contributed by atoms with Crippen LogP contribution in [0.25, 0.3) is 0 Å². The minimum Gasteiger partial charge on any atom is -0.426 e. The molecule has 0 aliphatic heterocycles. The molecule has 13 heavy (non-hydrogen) atoms. The molecule has 0 radical (unpaired) electrons. The summed E-state index contributed by atoms with van der Waals surface area (Å²) in [5.74, 6) is -0.716. The quantitative estimate of drug-likeness (QED) is 0.583. The van der Waals surface area contributed by atoms with Crippen molar-refractivity contribution in [2.24, 2.45) is 5.73 Å². The molecule has 1 rings (SSSR count). The number of hydrogen-bond donors (Lipinski definition) is 3. The van der Waals surface area contributed by atoms with Crippen LogP contribution in [-0.4, -0.2) is 17.2 Å². The van der Waals surface area contributed by atoms with E-state index in [0.717, 1.165) is 17.5 Å². The summed E-state index contributed by atoms with van der Waals surface area (Å²) < 4.78 is 0. The Bertz CT molecular complexity index is 278. The van der Waals surface area contributed by atoms with Crippen molar-refractivity contribution in [3.8, 4) is 0 Å². The number of nitrogens with two attached hydrogens (primary N) is 1. The molecule has 0 fully saturated rings. The molecule has 4 heteroatoms. The summed E-state index contributed by atoms with van der Waals surface area (Å²) in [4.78, 5) is 0. The average Bonchev–Trinajstić information content (AvgIpc) is 2.16. The lowest BCUT2D eigenvalue weighted by Crippen LogP contribution is -2.30. The van der Waals surface area contributed by atoms with Crippen molar-refractivity contribution < 1.29 is 10.0 Å². The number of hydrogen-bond acceptors (Lipinski definition) is 3. The van der Waals surface area contributed by atoms with Gasteiger partial charge in [0.25, 0.3) is 0 Å². The van der Waals surface area contributed by atoms with Gasteiger partial charge in [0, 0.05) is 0 Å². The van der Waals surface area contributed by atoms with Crippen LogP contribution in [0.4, 0.5) is 0 Å². The first-order valence-electron chi connectivity index (χ1n) is 4.35. The highest BCUT2D eigenvalue weighted by Crippen LogP contribution is 2.13. The summed E-state index contributed by atoms with van der Waals surface area (Å²) in [5, 5.41) is 17.7. The monoisotopic (exact) mass is 179 g/mol. The van der Waals surface area contributed by atoms with Crippen molar-refractivity contribution in [3.05, 3.63) is 35.4 Å². The van der Waals surface area contributed by atoms with Gasteiger partial charge in [-0.05, 0) is 17.5 Å². The summed E-state index contributed by atoms with van der Waals surface area (Å²) in [6.07, 6.45) is 0.919. The van der Waals surface area contributed by atoms with Crippen molar-refractivity contribution in [1.29, 1.82) is 0 Å². The Morgan fingerprint density at radius 3 is 2.69 bits per heavy atom. The van der Waals surface area contributed by atoms with Crippen molar-refractivity contribution in [3.63, 3.8) is 0 Å². The van der Waals surface area contributed by atoms with Crippen LogP contribution >= 0.6 is 0 Å². The van der Waals surface area contributed by atoms with E-state index in [1.165, 1.54) is 0 Å². The van der Waals surface area contributed by atoms with Gasteiger partial charge < -0.3 is 15.8 Å². The highest BCUT2D eigenvalue weighted by molar-refractivity contribution is 6.43. The maximum Gasteiger partial charge on any atom is 0.474 e. The van der Waals surface area contributed by atoms with Crippen molar-refractivity contribution >= 4 is 7.12 Å². The molecule has 0 spiro atoms.